The molecule has 1 heterocycles. The number of morpholine rings is 1. The van der Waals surface area contributed by atoms with Crippen LogP contribution in [0.25, 0.3) is 0 Å². The highest BCUT2D eigenvalue weighted by atomic mass is 16.6. The molecule has 1 atom stereocenters. The summed E-state index contributed by atoms with van der Waals surface area (Å²) >= 11 is 0. The number of ether oxygens (including phenoxy) is 3. The first-order chi connectivity index (χ1) is 8.17. The predicted octanol–water partition coefficient (Wildman–Crippen LogP) is -0.187. The van der Waals surface area contributed by atoms with E-state index in [2.05, 4.69) is 14.4 Å². The predicted molar refractivity (Wildman–Crippen MR) is 59.4 cm³/mol. The van der Waals surface area contributed by atoms with Crippen LogP contribution in [0.3, 0.4) is 0 Å². The van der Waals surface area contributed by atoms with Gasteiger partial charge in [-0.2, -0.15) is 0 Å². The average Bonchev–Trinajstić information content (AvgIpc) is 2.38. The van der Waals surface area contributed by atoms with Gasteiger partial charge in [-0.05, 0) is 13.0 Å². The van der Waals surface area contributed by atoms with Gasteiger partial charge < -0.3 is 14.2 Å². The van der Waals surface area contributed by atoms with Crippen LogP contribution in [0.1, 0.15) is 12.8 Å². The summed E-state index contributed by atoms with van der Waals surface area (Å²) in [7, 11) is 2.73. The van der Waals surface area contributed by atoms with Crippen molar-refractivity contribution >= 4 is 11.9 Å². The minimum atomic E-state index is -0.508. The molecule has 0 aromatic rings. The molecule has 1 rings (SSSR count). The molecule has 0 spiro atoms. The molecule has 0 aliphatic carbocycles. The molecule has 98 valence electrons. The Kier molecular flexibility index (Phi) is 5.93. The molecule has 0 aromatic carbocycles. The van der Waals surface area contributed by atoms with Crippen LogP contribution in [0.5, 0.6) is 0 Å². The molecule has 6 heteroatoms. The van der Waals surface area contributed by atoms with Crippen LogP contribution in [-0.2, 0) is 23.8 Å². The molecular formula is C11H19NO5. The van der Waals surface area contributed by atoms with Gasteiger partial charge in [0.25, 0.3) is 0 Å². The lowest BCUT2D eigenvalue weighted by Crippen LogP contribution is -2.46. The van der Waals surface area contributed by atoms with Gasteiger partial charge in [-0.15, -0.1) is 0 Å². The fourth-order valence-corrected chi connectivity index (χ4v) is 1.73. The Morgan fingerprint density at radius 3 is 2.76 bits per heavy atom. The summed E-state index contributed by atoms with van der Waals surface area (Å²) in [4.78, 5) is 24.3. The molecule has 1 aliphatic heterocycles. The van der Waals surface area contributed by atoms with Gasteiger partial charge in [-0.3, -0.25) is 9.69 Å². The Morgan fingerprint density at radius 2 is 2.12 bits per heavy atom. The molecule has 0 saturated carbocycles. The first-order valence-corrected chi connectivity index (χ1v) is 5.66. The highest BCUT2D eigenvalue weighted by Crippen LogP contribution is 2.08. The highest BCUT2D eigenvalue weighted by Gasteiger charge is 2.26. The van der Waals surface area contributed by atoms with Crippen LogP contribution in [0, 0.1) is 0 Å². The number of methoxy groups -OCH3 is 2. The van der Waals surface area contributed by atoms with Gasteiger partial charge in [0.05, 0.1) is 20.8 Å². The maximum atomic E-state index is 11.3. The molecule has 1 aliphatic rings. The summed E-state index contributed by atoms with van der Waals surface area (Å²) < 4.78 is 14.5. The molecular weight excluding hydrogens is 226 g/mol. The number of esters is 2. The van der Waals surface area contributed by atoms with Crippen LogP contribution < -0.4 is 0 Å². The van der Waals surface area contributed by atoms with E-state index in [0.29, 0.717) is 19.6 Å². The largest absolute Gasteiger partial charge is 0.469 e. The number of carbonyl (C=O) groups excluding carboxylic acids is 2. The van der Waals surface area contributed by atoms with Gasteiger partial charge in [0.15, 0.2) is 6.10 Å². The summed E-state index contributed by atoms with van der Waals surface area (Å²) in [5.41, 5.74) is 0. The standard InChI is InChI=1S/C11H19NO5/c1-15-10(13)4-3-5-12-6-7-17-9(8-12)11(14)16-2/h9H,3-8H2,1-2H3. The number of hydrogen-bond acceptors (Lipinski definition) is 6. The van der Waals surface area contributed by atoms with E-state index in [9.17, 15) is 9.59 Å². The van der Waals surface area contributed by atoms with Crippen molar-refractivity contribution in [2.24, 2.45) is 0 Å². The Morgan fingerprint density at radius 1 is 1.35 bits per heavy atom. The molecule has 1 unspecified atom stereocenters. The van der Waals surface area contributed by atoms with E-state index in [1.54, 1.807) is 0 Å². The Bertz CT molecular complexity index is 269. The fraction of sp³-hybridized carbons (Fsp3) is 0.818. The van der Waals surface area contributed by atoms with Gasteiger partial charge in [-0.25, -0.2) is 4.79 Å². The maximum absolute atomic E-state index is 11.3. The Balaban J connectivity index is 2.25. The van der Waals surface area contributed by atoms with Crippen molar-refractivity contribution in [1.29, 1.82) is 0 Å². The van der Waals surface area contributed by atoms with Gasteiger partial charge in [0.1, 0.15) is 0 Å². The minimum absolute atomic E-state index is 0.206. The van der Waals surface area contributed by atoms with Crippen molar-refractivity contribution in [1.82, 2.24) is 4.90 Å². The van der Waals surface area contributed by atoms with E-state index in [0.717, 1.165) is 19.5 Å². The summed E-state index contributed by atoms with van der Waals surface area (Å²) in [6.07, 6.45) is 0.615. The topological polar surface area (TPSA) is 65.1 Å². The van der Waals surface area contributed by atoms with Gasteiger partial charge in [-0.1, -0.05) is 0 Å². The van der Waals surface area contributed by atoms with Crippen LogP contribution in [0.15, 0.2) is 0 Å². The van der Waals surface area contributed by atoms with Crippen molar-refractivity contribution in [2.75, 3.05) is 40.5 Å². The van der Waals surface area contributed by atoms with E-state index < -0.39 is 6.10 Å². The summed E-state index contributed by atoms with van der Waals surface area (Å²) in [5, 5.41) is 0. The Hall–Kier alpha value is -1.14. The molecule has 17 heavy (non-hydrogen) atoms. The van der Waals surface area contributed by atoms with E-state index >= 15 is 0 Å². The molecule has 1 fully saturated rings. The molecule has 0 amide bonds. The monoisotopic (exact) mass is 245 g/mol. The van der Waals surface area contributed by atoms with Gasteiger partial charge in [0.2, 0.25) is 0 Å². The molecule has 6 nitrogen and oxygen atoms in total. The van der Waals surface area contributed by atoms with Crippen LogP contribution >= 0.6 is 0 Å². The van der Waals surface area contributed by atoms with Crippen molar-refractivity contribution in [3.05, 3.63) is 0 Å². The normalized spacial score (nSPS) is 20.9. The van der Waals surface area contributed by atoms with E-state index in [-0.39, 0.29) is 11.9 Å². The zero-order valence-corrected chi connectivity index (χ0v) is 10.3. The lowest BCUT2D eigenvalue weighted by atomic mass is 10.2. The second kappa shape index (κ2) is 7.24. The third-order valence-electron chi connectivity index (χ3n) is 2.70. The Labute approximate surface area is 101 Å². The average molecular weight is 245 g/mol. The van der Waals surface area contributed by atoms with E-state index in [1.165, 1.54) is 14.2 Å². The van der Waals surface area contributed by atoms with Crippen LogP contribution in [0.4, 0.5) is 0 Å². The molecule has 0 bridgehead atoms. The van der Waals surface area contributed by atoms with Crippen molar-refractivity contribution in [3.8, 4) is 0 Å². The van der Waals surface area contributed by atoms with E-state index in [4.69, 9.17) is 4.74 Å². The summed E-state index contributed by atoms with van der Waals surface area (Å²) in [6, 6.07) is 0. The quantitative estimate of drug-likeness (QED) is 0.626. The third kappa shape index (κ3) is 4.70. The van der Waals surface area contributed by atoms with E-state index in [1.807, 2.05) is 0 Å². The first-order valence-electron chi connectivity index (χ1n) is 5.66. The lowest BCUT2D eigenvalue weighted by molar-refractivity contribution is -0.159. The number of hydrogen-bond donors (Lipinski definition) is 0. The second-order valence-corrected chi connectivity index (χ2v) is 3.86. The molecule has 0 radical (unpaired) electrons. The number of carbonyl (C=O) groups is 2. The zero-order chi connectivity index (χ0) is 12.7. The van der Waals surface area contributed by atoms with Gasteiger partial charge in [0, 0.05) is 19.5 Å². The van der Waals surface area contributed by atoms with Crippen molar-refractivity contribution in [3.63, 3.8) is 0 Å². The molecule has 0 aromatic heterocycles. The molecule has 1 saturated heterocycles. The molecule has 0 N–H and O–H groups in total. The number of nitrogens with zero attached hydrogens (tertiary/aromatic N) is 1. The third-order valence-corrected chi connectivity index (χ3v) is 2.70. The van der Waals surface area contributed by atoms with Crippen LogP contribution in [0.2, 0.25) is 0 Å². The highest BCUT2D eigenvalue weighted by molar-refractivity contribution is 5.74. The summed E-state index contributed by atoms with van der Waals surface area (Å²) in [5.74, 6) is -0.551. The smallest absolute Gasteiger partial charge is 0.336 e. The number of rotatable bonds is 5. The summed E-state index contributed by atoms with van der Waals surface area (Å²) in [6.45, 7) is 2.56. The second-order valence-electron chi connectivity index (χ2n) is 3.86. The maximum Gasteiger partial charge on any atom is 0.336 e. The fourth-order valence-electron chi connectivity index (χ4n) is 1.73. The SMILES string of the molecule is COC(=O)CCCN1CCOC(C(=O)OC)C1. The first kappa shape index (κ1) is 13.9. The lowest BCUT2D eigenvalue weighted by Gasteiger charge is -2.31. The van der Waals surface area contributed by atoms with Gasteiger partial charge >= 0.3 is 11.9 Å². The minimum Gasteiger partial charge on any atom is -0.469 e. The van der Waals surface area contributed by atoms with Crippen LogP contribution in [-0.4, -0.2) is 63.4 Å². The zero-order valence-electron chi connectivity index (χ0n) is 10.3. The van der Waals surface area contributed by atoms with Crippen molar-refractivity contribution in [2.45, 2.75) is 18.9 Å². The van der Waals surface area contributed by atoms with Crippen molar-refractivity contribution < 1.29 is 23.8 Å².